The first-order chi connectivity index (χ1) is 13.5. The van der Waals surface area contributed by atoms with Gasteiger partial charge >= 0.3 is 0 Å². The molecule has 4 rings (SSSR count). The van der Waals surface area contributed by atoms with Gasteiger partial charge in [0.15, 0.2) is 0 Å². The Balaban J connectivity index is 1.48. The molecule has 0 aromatic carbocycles. The molecule has 2 aromatic heterocycles. The third kappa shape index (κ3) is 3.52. The van der Waals surface area contributed by atoms with E-state index in [0.29, 0.717) is 17.7 Å². The van der Waals surface area contributed by atoms with Crippen molar-refractivity contribution in [3.8, 4) is 0 Å². The number of H-pyrrole nitrogens is 1. The van der Waals surface area contributed by atoms with Gasteiger partial charge in [-0.05, 0) is 38.9 Å². The van der Waals surface area contributed by atoms with Crippen molar-refractivity contribution in [1.29, 1.82) is 0 Å². The smallest absolute Gasteiger partial charge is 0.257 e. The fourth-order valence-electron chi connectivity index (χ4n) is 3.96. The highest BCUT2D eigenvalue weighted by Gasteiger charge is 2.32. The van der Waals surface area contributed by atoms with Crippen molar-refractivity contribution >= 4 is 11.8 Å². The molecule has 2 aromatic rings. The minimum atomic E-state index is -0.0606. The molecule has 2 fully saturated rings. The van der Waals surface area contributed by atoms with Crippen molar-refractivity contribution in [3.63, 3.8) is 0 Å². The maximum Gasteiger partial charge on any atom is 0.257 e. The number of pyridine rings is 1. The Labute approximate surface area is 164 Å². The molecule has 0 spiro atoms. The van der Waals surface area contributed by atoms with Crippen LogP contribution in [-0.4, -0.2) is 81.5 Å². The van der Waals surface area contributed by atoms with Gasteiger partial charge < -0.3 is 14.7 Å². The molecule has 8 heteroatoms. The van der Waals surface area contributed by atoms with Crippen LogP contribution in [0.1, 0.15) is 51.0 Å². The van der Waals surface area contributed by atoms with E-state index >= 15 is 0 Å². The van der Waals surface area contributed by atoms with E-state index in [4.69, 9.17) is 0 Å². The van der Waals surface area contributed by atoms with E-state index in [9.17, 15) is 9.59 Å². The number of hydrogen-bond donors (Lipinski definition) is 1. The first-order valence-electron chi connectivity index (χ1n) is 9.79. The maximum absolute atomic E-state index is 12.9. The Hall–Kier alpha value is -2.74. The van der Waals surface area contributed by atoms with E-state index in [-0.39, 0.29) is 17.9 Å². The van der Waals surface area contributed by atoms with Gasteiger partial charge in [-0.2, -0.15) is 5.10 Å². The van der Waals surface area contributed by atoms with Crippen molar-refractivity contribution in [2.45, 2.75) is 25.8 Å². The van der Waals surface area contributed by atoms with Crippen LogP contribution in [0.4, 0.5) is 0 Å². The fourth-order valence-corrected chi connectivity index (χ4v) is 3.96. The first-order valence-corrected chi connectivity index (χ1v) is 9.79. The van der Waals surface area contributed by atoms with Crippen molar-refractivity contribution in [2.75, 3.05) is 39.8 Å². The molecule has 1 atom stereocenters. The van der Waals surface area contributed by atoms with Crippen LogP contribution >= 0.6 is 0 Å². The highest BCUT2D eigenvalue weighted by molar-refractivity contribution is 5.95. The first kappa shape index (κ1) is 18.6. The predicted molar refractivity (Wildman–Crippen MR) is 104 cm³/mol. The molecule has 1 N–H and O–H groups in total. The number of likely N-dealkylation sites (N-methyl/N-ethyl adjacent to an activating group) is 1. The summed E-state index contributed by atoms with van der Waals surface area (Å²) in [5, 5.41) is 6.78. The number of piperazine rings is 1. The molecule has 2 aliphatic heterocycles. The molecular weight excluding hydrogens is 356 g/mol. The van der Waals surface area contributed by atoms with Crippen LogP contribution in [0.25, 0.3) is 0 Å². The van der Waals surface area contributed by atoms with Crippen molar-refractivity contribution < 1.29 is 9.59 Å². The van der Waals surface area contributed by atoms with Gasteiger partial charge in [0, 0.05) is 44.6 Å². The Morgan fingerprint density at radius 1 is 1.07 bits per heavy atom. The number of hydrogen-bond acceptors (Lipinski definition) is 5. The van der Waals surface area contributed by atoms with Crippen molar-refractivity contribution in [2.24, 2.45) is 0 Å². The maximum atomic E-state index is 12.9. The van der Waals surface area contributed by atoms with Gasteiger partial charge in [0.1, 0.15) is 0 Å². The predicted octanol–water partition coefficient (Wildman–Crippen LogP) is 1.48. The summed E-state index contributed by atoms with van der Waals surface area (Å²) < 4.78 is 0. The summed E-state index contributed by atoms with van der Waals surface area (Å²) in [6.07, 6.45) is 5.05. The number of aromatic nitrogens is 3. The average molecular weight is 382 g/mol. The summed E-state index contributed by atoms with van der Waals surface area (Å²) in [6.45, 7) is 5.83. The van der Waals surface area contributed by atoms with Crippen LogP contribution in [0.15, 0.2) is 24.5 Å². The van der Waals surface area contributed by atoms with Gasteiger partial charge in [0.2, 0.25) is 0 Å². The second kappa shape index (κ2) is 7.71. The molecular formula is C20H26N6O2. The summed E-state index contributed by atoms with van der Waals surface area (Å²) in [6, 6.07) is 3.67. The minimum absolute atomic E-state index is 0.0202. The number of nitrogens with zero attached hydrogens (tertiary/aromatic N) is 5. The topological polar surface area (TPSA) is 85.4 Å². The monoisotopic (exact) mass is 382 g/mol. The van der Waals surface area contributed by atoms with Gasteiger partial charge in [0.05, 0.1) is 29.1 Å². The van der Waals surface area contributed by atoms with E-state index in [1.165, 1.54) is 0 Å². The molecule has 4 heterocycles. The quantitative estimate of drug-likeness (QED) is 0.869. The standard InChI is InChI=1S/C20H26N6O2/c1-14-16(13-22-23-14)20(28)26-7-3-4-18(26)17-6-5-15(12-21-17)19(27)25-10-8-24(2)9-11-25/h5-6,12-13,18H,3-4,7-11H2,1-2H3,(H,22,23). The zero-order chi connectivity index (χ0) is 19.7. The lowest BCUT2D eigenvalue weighted by Gasteiger charge is -2.32. The van der Waals surface area contributed by atoms with E-state index < -0.39 is 0 Å². The number of nitrogens with one attached hydrogen (secondary N) is 1. The summed E-state index contributed by atoms with van der Waals surface area (Å²) >= 11 is 0. The van der Waals surface area contributed by atoms with E-state index in [0.717, 1.165) is 50.4 Å². The van der Waals surface area contributed by atoms with E-state index in [1.54, 1.807) is 12.4 Å². The summed E-state index contributed by atoms with van der Waals surface area (Å²) in [5.74, 6) is 0.00802. The Morgan fingerprint density at radius 3 is 2.50 bits per heavy atom. The van der Waals surface area contributed by atoms with Crippen molar-refractivity contribution in [1.82, 2.24) is 29.9 Å². The number of carbonyl (C=O) groups excluding carboxylic acids is 2. The van der Waals surface area contributed by atoms with Crippen LogP contribution in [0, 0.1) is 6.92 Å². The Kier molecular flexibility index (Phi) is 5.13. The van der Waals surface area contributed by atoms with Gasteiger partial charge in [0.25, 0.3) is 11.8 Å². The number of carbonyl (C=O) groups is 2. The number of aromatic amines is 1. The molecule has 1 unspecified atom stereocenters. The molecule has 2 amide bonds. The molecule has 0 aliphatic carbocycles. The Bertz CT molecular complexity index is 854. The number of rotatable bonds is 3. The number of likely N-dealkylation sites (tertiary alicyclic amines) is 1. The lowest BCUT2D eigenvalue weighted by Crippen LogP contribution is -2.47. The molecule has 2 aliphatic rings. The highest BCUT2D eigenvalue weighted by Crippen LogP contribution is 2.32. The molecule has 8 nitrogen and oxygen atoms in total. The molecule has 2 saturated heterocycles. The van der Waals surface area contributed by atoms with Gasteiger partial charge in [-0.3, -0.25) is 19.7 Å². The SMILES string of the molecule is Cc1[nH]ncc1C(=O)N1CCCC1c1ccc(C(=O)N2CCN(C)CC2)cn1. The second-order valence-electron chi connectivity index (χ2n) is 7.63. The average Bonchev–Trinajstić information content (AvgIpc) is 3.37. The molecule has 0 bridgehead atoms. The number of amides is 2. The lowest BCUT2D eigenvalue weighted by atomic mass is 10.1. The third-order valence-corrected chi connectivity index (χ3v) is 5.74. The Morgan fingerprint density at radius 2 is 1.86 bits per heavy atom. The lowest BCUT2D eigenvalue weighted by molar-refractivity contribution is 0.0661. The molecule has 0 radical (unpaired) electrons. The van der Waals surface area contributed by atoms with Crippen LogP contribution in [0.5, 0.6) is 0 Å². The number of aryl methyl sites for hydroxylation is 1. The zero-order valence-corrected chi connectivity index (χ0v) is 16.4. The minimum Gasteiger partial charge on any atom is -0.336 e. The normalized spacial score (nSPS) is 20.6. The van der Waals surface area contributed by atoms with Gasteiger partial charge in [-0.15, -0.1) is 0 Å². The van der Waals surface area contributed by atoms with Crippen LogP contribution < -0.4 is 0 Å². The molecule has 28 heavy (non-hydrogen) atoms. The van der Waals surface area contributed by atoms with Crippen LogP contribution in [0.3, 0.4) is 0 Å². The highest BCUT2D eigenvalue weighted by atomic mass is 16.2. The van der Waals surface area contributed by atoms with Gasteiger partial charge in [-0.1, -0.05) is 0 Å². The molecule has 0 saturated carbocycles. The van der Waals surface area contributed by atoms with Crippen molar-refractivity contribution in [3.05, 3.63) is 47.0 Å². The molecule has 148 valence electrons. The van der Waals surface area contributed by atoms with Crippen LogP contribution in [0.2, 0.25) is 0 Å². The summed E-state index contributed by atoms with van der Waals surface area (Å²) in [4.78, 5) is 36.1. The van der Waals surface area contributed by atoms with Crippen LogP contribution in [-0.2, 0) is 0 Å². The van der Waals surface area contributed by atoms with E-state index in [2.05, 4.69) is 27.1 Å². The van der Waals surface area contributed by atoms with E-state index in [1.807, 2.05) is 28.9 Å². The zero-order valence-electron chi connectivity index (χ0n) is 16.4. The summed E-state index contributed by atoms with van der Waals surface area (Å²) in [5.41, 5.74) is 2.82. The second-order valence-corrected chi connectivity index (χ2v) is 7.63. The fraction of sp³-hybridized carbons (Fsp3) is 0.500. The van der Waals surface area contributed by atoms with Gasteiger partial charge in [-0.25, -0.2) is 0 Å². The third-order valence-electron chi connectivity index (χ3n) is 5.74. The summed E-state index contributed by atoms with van der Waals surface area (Å²) in [7, 11) is 2.07. The largest absolute Gasteiger partial charge is 0.336 e.